The van der Waals surface area contributed by atoms with Crippen molar-refractivity contribution < 1.29 is 5.11 Å². The first-order chi connectivity index (χ1) is 12.7. The first kappa shape index (κ1) is 18.3. The van der Waals surface area contributed by atoms with Crippen molar-refractivity contribution in [3.63, 3.8) is 0 Å². The molecule has 2 heterocycles. The number of phenols is 1. The number of aromatic hydroxyl groups is 1. The van der Waals surface area contributed by atoms with Crippen molar-refractivity contribution in [1.82, 2.24) is 4.90 Å². The molecule has 3 heteroatoms. The van der Waals surface area contributed by atoms with Crippen LogP contribution in [0.1, 0.15) is 82.1 Å². The van der Waals surface area contributed by atoms with E-state index < -0.39 is 0 Å². The Bertz CT molecular complexity index is 569. The Morgan fingerprint density at radius 1 is 1.04 bits per heavy atom. The quantitative estimate of drug-likeness (QED) is 0.770. The van der Waals surface area contributed by atoms with Gasteiger partial charge in [-0.25, -0.2) is 0 Å². The second-order valence-corrected chi connectivity index (χ2v) is 9.19. The summed E-state index contributed by atoms with van der Waals surface area (Å²) in [4.78, 5) is 2.74. The van der Waals surface area contributed by atoms with E-state index in [-0.39, 0.29) is 0 Å². The van der Waals surface area contributed by atoms with Gasteiger partial charge < -0.3 is 10.8 Å². The molecular formula is C23H36N2O. The Balaban J connectivity index is 1.29. The van der Waals surface area contributed by atoms with Gasteiger partial charge in [0.05, 0.1) is 0 Å². The first-order valence-electron chi connectivity index (χ1n) is 11.0. The number of rotatable bonds is 6. The Morgan fingerprint density at radius 2 is 1.77 bits per heavy atom. The number of hydrogen-bond acceptors (Lipinski definition) is 3. The Kier molecular flexibility index (Phi) is 5.85. The summed E-state index contributed by atoms with van der Waals surface area (Å²) in [7, 11) is 0. The van der Waals surface area contributed by atoms with Crippen LogP contribution < -0.4 is 5.73 Å². The molecule has 1 aromatic rings. The van der Waals surface area contributed by atoms with Crippen molar-refractivity contribution in [2.75, 3.05) is 6.54 Å². The number of phenolic OH excluding ortho intramolecular Hbond substituents is 1. The summed E-state index contributed by atoms with van der Waals surface area (Å²) in [5, 5.41) is 9.80. The highest BCUT2D eigenvalue weighted by molar-refractivity contribution is 5.30. The molecule has 2 aliphatic heterocycles. The molecule has 3 aliphatic rings. The minimum atomic E-state index is 0.345. The van der Waals surface area contributed by atoms with Crippen molar-refractivity contribution in [2.24, 2.45) is 11.7 Å². The molecule has 4 atom stereocenters. The van der Waals surface area contributed by atoms with Crippen LogP contribution in [0.4, 0.5) is 0 Å². The topological polar surface area (TPSA) is 49.5 Å². The summed E-state index contributed by atoms with van der Waals surface area (Å²) in [6.45, 7) is 1.09. The van der Waals surface area contributed by atoms with E-state index in [9.17, 15) is 5.11 Å². The normalized spacial score (nSPS) is 31.2. The number of nitrogens with zero attached hydrogens (tertiary/aromatic N) is 1. The second kappa shape index (κ2) is 8.31. The lowest BCUT2D eigenvalue weighted by Gasteiger charge is -2.40. The zero-order valence-electron chi connectivity index (χ0n) is 16.2. The number of benzene rings is 1. The summed E-state index contributed by atoms with van der Waals surface area (Å²) >= 11 is 0. The van der Waals surface area contributed by atoms with Gasteiger partial charge in [-0.1, -0.05) is 44.2 Å². The Morgan fingerprint density at radius 3 is 2.46 bits per heavy atom. The van der Waals surface area contributed by atoms with Gasteiger partial charge in [-0.05, 0) is 68.1 Å². The van der Waals surface area contributed by atoms with Crippen LogP contribution in [0.25, 0.3) is 0 Å². The lowest BCUT2D eigenvalue weighted by Crippen LogP contribution is -2.48. The fraction of sp³-hybridized carbons (Fsp3) is 0.739. The van der Waals surface area contributed by atoms with E-state index in [1.807, 2.05) is 12.1 Å². The highest BCUT2D eigenvalue weighted by atomic mass is 16.3. The third-order valence-electron chi connectivity index (χ3n) is 7.34. The fourth-order valence-corrected chi connectivity index (χ4v) is 5.91. The molecule has 0 radical (unpaired) electrons. The molecule has 144 valence electrons. The van der Waals surface area contributed by atoms with Crippen molar-refractivity contribution >= 4 is 0 Å². The predicted molar refractivity (Wildman–Crippen MR) is 107 cm³/mol. The van der Waals surface area contributed by atoms with Crippen molar-refractivity contribution in [1.29, 1.82) is 0 Å². The minimum Gasteiger partial charge on any atom is -0.508 e. The number of fused-ring (bicyclic) bond motifs is 2. The monoisotopic (exact) mass is 356 g/mol. The van der Waals surface area contributed by atoms with Crippen molar-refractivity contribution in [2.45, 2.75) is 94.7 Å². The van der Waals surface area contributed by atoms with Crippen LogP contribution in [-0.2, 0) is 0 Å². The Hall–Kier alpha value is -1.06. The molecule has 2 unspecified atom stereocenters. The summed E-state index contributed by atoms with van der Waals surface area (Å²) < 4.78 is 0. The van der Waals surface area contributed by atoms with Gasteiger partial charge in [-0.15, -0.1) is 0 Å². The van der Waals surface area contributed by atoms with E-state index in [0.717, 1.165) is 12.5 Å². The van der Waals surface area contributed by atoms with E-state index in [1.165, 1.54) is 76.2 Å². The van der Waals surface area contributed by atoms with Gasteiger partial charge in [0.1, 0.15) is 5.75 Å². The summed E-state index contributed by atoms with van der Waals surface area (Å²) in [5.41, 5.74) is 7.89. The standard InChI is InChI=1S/C23H36N2O/c24-20(10-9-17-5-2-1-3-6-17)16-25-21-11-12-22(25)14-19(13-21)18-7-4-8-23(26)15-18/h4,7-8,15,17,19-22,26H,1-3,5-6,9-14,16,24H2/t19?,20?,21-,22+. The molecular weight excluding hydrogens is 320 g/mol. The van der Waals surface area contributed by atoms with Crippen LogP contribution in [0.15, 0.2) is 24.3 Å². The van der Waals surface area contributed by atoms with Gasteiger partial charge in [0.2, 0.25) is 0 Å². The number of piperidine rings is 1. The van der Waals surface area contributed by atoms with Crippen molar-refractivity contribution in [3.8, 4) is 5.75 Å². The molecule has 1 aliphatic carbocycles. The third-order valence-corrected chi connectivity index (χ3v) is 7.34. The number of hydrogen-bond donors (Lipinski definition) is 2. The largest absolute Gasteiger partial charge is 0.508 e. The van der Waals surface area contributed by atoms with Crippen molar-refractivity contribution in [3.05, 3.63) is 29.8 Å². The molecule has 3 fully saturated rings. The van der Waals surface area contributed by atoms with Crippen LogP contribution in [0, 0.1) is 5.92 Å². The predicted octanol–water partition coefficient (Wildman–Crippen LogP) is 4.79. The smallest absolute Gasteiger partial charge is 0.115 e. The second-order valence-electron chi connectivity index (χ2n) is 9.19. The van der Waals surface area contributed by atoms with E-state index in [4.69, 9.17) is 5.73 Å². The first-order valence-corrected chi connectivity index (χ1v) is 11.0. The highest BCUT2D eigenvalue weighted by Gasteiger charge is 2.41. The molecule has 4 rings (SSSR count). The van der Waals surface area contributed by atoms with E-state index in [2.05, 4.69) is 11.0 Å². The lowest BCUT2D eigenvalue weighted by molar-refractivity contribution is 0.115. The van der Waals surface area contributed by atoms with Gasteiger partial charge in [0, 0.05) is 24.7 Å². The van der Waals surface area contributed by atoms with Crippen LogP contribution >= 0.6 is 0 Å². The number of nitrogens with two attached hydrogens (primary N) is 1. The maximum atomic E-state index is 9.80. The van der Waals surface area contributed by atoms with E-state index in [0.29, 0.717) is 29.8 Å². The van der Waals surface area contributed by atoms with Crippen LogP contribution in [0.3, 0.4) is 0 Å². The van der Waals surface area contributed by atoms with Gasteiger partial charge in [-0.3, -0.25) is 4.90 Å². The molecule has 26 heavy (non-hydrogen) atoms. The SMILES string of the molecule is NC(CCC1CCCCC1)CN1[C@@H]2CC[C@H]1CC(c1cccc(O)c1)C2. The summed E-state index contributed by atoms with van der Waals surface area (Å²) in [6, 6.07) is 9.66. The molecule has 1 saturated carbocycles. The van der Waals surface area contributed by atoms with E-state index >= 15 is 0 Å². The van der Waals surface area contributed by atoms with Crippen LogP contribution in [0.2, 0.25) is 0 Å². The average Bonchev–Trinajstić information content (AvgIpc) is 2.89. The van der Waals surface area contributed by atoms with Gasteiger partial charge in [-0.2, -0.15) is 0 Å². The third kappa shape index (κ3) is 4.26. The molecule has 2 saturated heterocycles. The molecule has 0 amide bonds. The molecule has 3 nitrogen and oxygen atoms in total. The zero-order valence-corrected chi connectivity index (χ0v) is 16.2. The lowest BCUT2D eigenvalue weighted by atomic mass is 9.84. The molecule has 2 bridgehead atoms. The maximum absolute atomic E-state index is 9.80. The summed E-state index contributed by atoms with van der Waals surface area (Å²) in [6.07, 6.45) is 14.9. The zero-order chi connectivity index (χ0) is 17.9. The van der Waals surface area contributed by atoms with Gasteiger partial charge in [0.15, 0.2) is 0 Å². The Labute approximate surface area is 159 Å². The average molecular weight is 357 g/mol. The molecule has 1 aromatic carbocycles. The van der Waals surface area contributed by atoms with Crippen LogP contribution in [0.5, 0.6) is 5.75 Å². The molecule has 0 aromatic heterocycles. The molecule has 0 spiro atoms. The van der Waals surface area contributed by atoms with Gasteiger partial charge in [0.25, 0.3) is 0 Å². The minimum absolute atomic E-state index is 0.345. The fourth-order valence-electron chi connectivity index (χ4n) is 5.91. The van der Waals surface area contributed by atoms with Gasteiger partial charge >= 0.3 is 0 Å². The molecule has 3 N–H and O–H groups in total. The van der Waals surface area contributed by atoms with Crippen LogP contribution in [-0.4, -0.2) is 34.7 Å². The maximum Gasteiger partial charge on any atom is 0.115 e. The highest BCUT2D eigenvalue weighted by Crippen LogP contribution is 2.43. The summed E-state index contributed by atoms with van der Waals surface area (Å²) in [5.74, 6) is 1.96. The van der Waals surface area contributed by atoms with E-state index in [1.54, 1.807) is 6.07 Å².